The van der Waals surface area contributed by atoms with Crippen molar-refractivity contribution in [3.05, 3.63) is 168 Å². The molecule has 0 saturated carbocycles. The molecule has 3 aromatic heterocycles. The maximum absolute atomic E-state index is 5.17. The second-order valence-electron chi connectivity index (χ2n) is 15.4. The lowest BCUT2D eigenvalue weighted by Crippen LogP contribution is -2.17. The zero-order valence-corrected chi connectivity index (χ0v) is 29.7. The van der Waals surface area contributed by atoms with Crippen LogP contribution in [0.4, 0.5) is 0 Å². The van der Waals surface area contributed by atoms with Crippen LogP contribution in [0.5, 0.6) is 0 Å². The van der Waals surface area contributed by atoms with Crippen molar-refractivity contribution in [3.63, 3.8) is 0 Å². The summed E-state index contributed by atoms with van der Waals surface area (Å²) in [4.78, 5) is 5.17. The third kappa shape index (κ3) is 3.81. The molecular weight excluding hydrogens is 643 g/mol. The van der Waals surface area contributed by atoms with Gasteiger partial charge >= 0.3 is 0 Å². The van der Waals surface area contributed by atoms with Gasteiger partial charge in [-0.2, -0.15) is 0 Å². The van der Waals surface area contributed by atoms with Crippen molar-refractivity contribution < 1.29 is 0 Å². The van der Waals surface area contributed by atoms with Gasteiger partial charge in [0.25, 0.3) is 0 Å². The fraction of sp³-hybridized carbons (Fsp3) is 0.100. The van der Waals surface area contributed by atoms with Gasteiger partial charge in [0, 0.05) is 38.0 Å². The van der Waals surface area contributed by atoms with Crippen molar-refractivity contribution in [1.82, 2.24) is 14.0 Å². The van der Waals surface area contributed by atoms with Crippen molar-refractivity contribution in [2.45, 2.75) is 32.1 Å². The van der Waals surface area contributed by atoms with Crippen molar-refractivity contribution in [1.29, 1.82) is 0 Å². The SMILES string of the molecule is CC1(C)C2=C(C=CCC2)c2ccc(-c3cc4c5ccccc5n(-c5ccc6c(c5)c5ccccc5n5c7ccccc7nc65)c4c4ccccc34)cc21. The molecule has 0 unspecified atom stereocenters. The predicted molar refractivity (Wildman–Crippen MR) is 223 cm³/mol. The molecule has 3 nitrogen and oxygen atoms in total. The van der Waals surface area contributed by atoms with Crippen LogP contribution in [0.25, 0.3) is 93.3 Å². The predicted octanol–water partition coefficient (Wildman–Crippen LogP) is 13.1. The number of benzene rings is 7. The van der Waals surface area contributed by atoms with Crippen LogP contribution in [0.1, 0.15) is 37.8 Å². The van der Waals surface area contributed by atoms with E-state index < -0.39 is 0 Å². The van der Waals surface area contributed by atoms with Gasteiger partial charge in [-0.25, -0.2) is 4.98 Å². The maximum atomic E-state index is 5.17. The Morgan fingerprint density at radius 1 is 0.566 bits per heavy atom. The summed E-state index contributed by atoms with van der Waals surface area (Å²) in [5.74, 6) is 0. The number of nitrogens with zero attached hydrogens (tertiary/aromatic N) is 3. The molecule has 0 aliphatic heterocycles. The molecule has 0 fully saturated rings. The van der Waals surface area contributed by atoms with Crippen LogP contribution in [-0.2, 0) is 5.41 Å². The van der Waals surface area contributed by atoms with Gasteiger partial charge in [0.05, 0.1) is 27.6 Å². The zero-order chi connectivity index (χ0) is 35.0. The molecule has 53 heavy (non-hydrogen) atoms. The number of fused-ring (bicyclic) bond motifs is 15. The monoisotopic (exact) mass is 677 g/mol. The van der Waals surface area contributed by atoms with Gasteiger partial charge < -0.3 is 4.57 Å². The van der Waals surface area contributed by atoms with Gasteiger partial charge in [-0.05, 0) is 106 Å². The van der Waals surface area contributed by atoms with E-state index in [0.717, 1.165) is 40.6 Å². The lowest BCUT2D eigenvalue weighted by molar-refractivity contribution is 0.607. The fourth-order valence-corrected chi connectivity index (χ4v) is 9.96. The Morgan fingerprint density at radius 3 is 2.13 bits per heavy atom. The number of para-hydroxylation sites is 4. The minimum Gasteiger partial charge on any atom is -0.309 e. The Kier molecular flexibility index (Phi) is 5.68. The second-order valence-corrected chi connectivity index (χ2v) is 15.4. The largest absolute Gasteiger partial charge is 0.309 e. The van der Waals surface area contributed by atoms with Crippen LogP contribution in [-0.4, -0.2) is 14.0 Å². The topological polar surface area (TPSA) is 22.2 Å². The van der Waals surface area contributed by atoms with Gasteiger partial charge in [0.1, 0.15) is 5.65 Å². The molecule has 0 spiro atoms. The summed E-state index contributed by atoms with van der Waals surface area (Å²) in [6.45, 7) is 4.83. The van der Waals surface area contributed by atoms with E-state index in [2.05, 4.69) is 174 Å². The van der Waals surface area contributed by atoms with E-state index in [0.29, 0.717) is 0 Å². The number of aromatic nitrogens is 3. The van der Waals surface area contributed by atoms with Gasteiger partial charge in [-0.3, -0.25) is 4.40 Å². The minimum atomic E-state index is 0.0241. The molecule has 7 aromatic carbocycles. The molecule has 2 aliphatic carbocycles. The first-order valence-corrected chi connectivity index (χ1v) is 18.8. The van der Waals surface area contributed by atoms with Crippen molar-refractivity contribution in [2.24, 2.45) is 0 Å². The molecule has 10 aromatic rings. The van der Waals surface area contributed by atoms with E-state index in [1.54, 1.807) is 5.57 Å². The first-order valence-electron chi connectivity index (χ1n) is 18.8. The molecule has 12 rings (SSSR count). The molecule has 0 atom stereocenters. The fourth-order valence-electron chi connectivity index (χ4n) is 9.96. The Balaban J connectivity index is 1.14. The molecule has 0 amide bonds. The molecule has 3 heterocycles. The van der Waals surface area contributed by atoms with Crippen LogP contribution in [0.15, 0.2) is 157 Å². The van der Waals surface area contributed by atoms with Gasteiger partial charge in [-0.1, -0.05) is 117 Å². The average Bonchev–Trinajstić information content (AvgIpc) is 3.84. The summed E-state index contributed by atoms with van der Waals surface area (Å²) < 4.78 is 4.82. The van der Waals surface area contributed by atoms with Crippen LogP contribution in [0.3, 0.4) is 0 Å². The first kappa shape index (κ1) is 29.2. The summed E-state index contributed by atoms with van der Waals surface area (Å²) in [6, 6.07) is 51.8. The quantitative estimate of drug-likeness (QED) is 0.167. The third-order valence-electron chi connectivity index (χ3n) is 12.4. The van der Waals surface area contributed by atoms with Crippen LogP contribution in [0.2, 0.25) is 0 Å². The smallest absolute Gasteiger partial charge is 0.146 e. The van der Waals surface area contributed by atoms with Crippen LogP contribution >= 0.6 is 0 Å². The molecular formula is C50H35N3. The molecule has 2 aliphatic rings. The number of hydrogen-bond acceptors (Lipinski definition) is 1. The van der Waals surface area contributed by atoms with Crippen LogP contribution in [0, 0.1) is 0 Å². The molecule has 0 radical (unpaired) electrons. The second kappa shape index (κ2) is 10.3. The highest BCUT2D eigenvalue weighted by atomic mass is 15.0. The summed E-state index contributed by atoms with van der Waals surface area (Å²) in [5, 5.41) is 8.65. The number of allylic oxidation sites excluding steroid dienone is 4. The van der Waals surface area contributed by atoms with E-state index in [1.165, 1.54) is 76.7 Å². The van der Waals surface area contributed by atoms with Crippen molar-refractivity contribution >= 4 is 76.5 Å². The van der Waals surface area contributed by atoms with E-state index in [9.17, 15) is 0 Å². The van der Waals surface area contributed by atoms with Gasteiger partial charge in [0.15, 0.2) is 0 Å². The zero-order valence-electron chi connectivity index (χ0n) is 29.7. The van der Waals surface area contributed by atoms with Crippen LogP contribution < -0.4 is 0 Å². The molecule has 0 saturated heterocycles. The van der Waals surface area contributed by atoms with E-state index >= 15 is 0 Å². The molecule has 3 heteroatoms. The van der Waals surface area contributed by atoms with E-state index in [-0.39, 0.29) is 5.41 Å². The first-order chi connectivity index (χ1) is 26.1. The summed E-state index contributed by atoms with van der Waals surface area (Å²) in [5.41, 5.74) is 16.4. The molecule has 0 bridgehead atoms. The third-order valence-corrected chi connectivity index (χ3v) is 12.4. The van der Waals surface area contributed by atoms with Gasteiger partial charge in [0.2, 0.25) is 0 Å². The molecule has 250 valence electrons. The van der Waals surface area contributed by atoms with Crippen molar-refractivity contribution in [3.8, 4) is 16.8 Å². The maximum Gasteiger partial charge on any atom is 0.146 e. The number of rotatable bonds is 2. The standard InChI is InChI=1S/C50H35N3/c1-50(2)42-18-8-5-14-33(42)34-25-23-30(27-43(34)50)39-29-41-36-16-7-10-20-45(36)52(48(41)37-17-4-3-13-32(37)39)31-24-26-38-40(28-31)35-15-6-11-21-46(35)53-47-22-12-9-19-44(47)51-49(38)53/h3-7,9-17,19-29H,8,18H2,1-2H3. The minimum absolute atomic E-state index is 0.0241. The Morgan fingerprint density at radius 2 is 1.28 bits per heavy atom. The Labute approximate surface area is 306 Å². The molecule has 0 N–H and O–H groups in total. The number of pyridine rings is 1. The highest BCUT2D eigenvalue weighted by Crippen LogP contribution is 2.51. The van der Waals surface area contributed by atoms with E-state index in [1.807, 2.05) is 0 Å². The number of imidazole rings is 1. The lowest BCUT2D eigenvalue weighted by Gasteiger charge is -2.26. The normalized spacial score (nSPS) is 15.2. The average molecular weight is 678 g/mol. The summed E-state index contributed by atoms with van der Waals surface area (Å²) >= 11 is 0. The van der Waals surface area contributed by atoms with Crippen molar-refractivity contribution in [2.75, 3.05) is 0 Å². The number of hydrogen-bond donors (Lipinski definition) is 0. The van der Waals surface area contributed by atoms with E-state index in [4.69, 9.17) is 4.98 Å². The summed E-state index contributed by atoms with van der Waals surface area (Å²) in [6.07, 6.45) is 6.98. The Hall–Kier alpha value is -6.45. The summed E-state index contributed by atoms with van der Waals surface area (Å²) in [7, 11) is 0. The van der Waals surface area contributed by atoms with Gasteiger partial charge in [-0.15, -0.1) is 0 Å². The highest BCUT2D eigenvalue weighted by molar-refractivity contribution is 6.22. The lowest BCUT2D eigenvalue weighted by atomic mass is 9.78. The Bertz CT molecular complexity index is 3310. The highest BCUT2D eigenvalue weighted by Gasteiger charge is 2.37.